The van der Waals surface area contributed by atoms with Crippen LogP contribution in [0.25, 0.3) is 10.3 Å². The van der Waals surface area contributed by atoms with Crippen LogP contribution >= 0.6 is 11.3 Å². The van der Waals surface area contributed by atoms with Crippen molar-refractivity contribution in [2.24, 2.45) is 0 Å². The van der Waals surface area contributed by atoms with Gasteiger partial charge in [-0.1, -0.05) is 12.1 Å². The van der Waals surface area contributed by atoms with Gasteiger partial charge in [-0.15, -0.1) is 11.3 Å². The van der Waals surface area contributed by atoms with E-state index in [1.807, 2.05) is 36.6 Å². The van der Waals surface area contributed by atoms with Crippen LogP contribution in [0.5, 0.6) is 0 Å². The van der Waals surface area contributed by atoms with Crippen molar-refractivity contribution in [3.63, 3.8) is 0 Å². The third kappa shape index (κ3) is 2.44. The normalized spacial score (nSPS) is 11.1. The molecule has 0 aliphatic rings. The number of hydrogen-bond donors (Lipinski definition) is 1. The summed E-state index contributed by atoms with van der Waals surface area (Å²) < 4.78 is 5.69. The first-order chi connectivity index (χ1) is 9.63. The number of fused-ring (bicyclic) bond motifs is 1. The van der Waals surface area contributed by atoms with E-state index in [0.717, 1.165) is 23.2 Å². The van der Waals surface area contributed by atoms with E-state index >= 15 is 0 Å². The molecule has 0 amide bonds. The first-order valence-electron chi connectivity index (χ1n) is 6.36. The summed E-state index contributed by atoms with van der Waals surface area (Å²) in [4.78, 5) is 16.6. The lowest BCUT2D eigenvalue weighted by molar-refractivity contribution is 0.509. The van der Waals surface area contributed by atoms with Crippen molar-refractivity contribution in [3.8, 4) is 0 Å². The van der Waals surface area contributed by atoms with Gasteiger partial charge in [0.2, 0.25) is 0 Å². The lowest BCUT2D eigenvalue weighted by Gasteiger charge is -2.02. The van der Waals surface area contributed by atoms with E-state index in [1.54, 1.807) is 0 Å². The molecule has 3 rings (SSSR count). The molecule has 2 heterocycles. The van der Waals surface area contributed by atoms with Gasteiger partial charge in [0, 0.05) is 12.1 Å². The Hall–Kier alpha value is -2.14. The number of aryl methyl sites for hydroxylation is 3. The van der Waals surface area contributed by atoms with Crippen LogP contribution in [-0.4, -0.2) is 4.98 Å². The highest BCUT2D eigenvalue weighted by Gasteiger charge is 2.10. The van der Waals surface area contributed by atoms with Crippen molar-refractivity contribution >= 4 is 27.3 Å². The van der Waals surface area contributed by atoms with Gasteiger partial charge in [-0.25, -0.2) is 0 Å². The molecular weight excluding hydrogens is 272 g/mol. The van der Waals surface area contributed by atoms with Crippen LogP contribution in [0.2, 0.25) is 0 Å². The fourth-order valence-corrected chi connectivity index (χ4v) is 3.07. The van der Waals surface area contributed by atoms with E-state index in [9.17, 15) is 4.79 Å². The summed E-state index contributed by atoms with van der Waals surface area (Å²) in [6.45, 7) is 1.89. The molecule has 4 nitrogen and oxygen atoms in total. The molecule has 3 aromatic rings. The molecule has 2 aromatic heterocycles. The van der Waals surface area contributed by atoms with Gasteiger partial charge in [0.25, 0.3) is 5.56 Å². The van der Waals surface area contributed by atoms with Gasteiger partial charge >= 0.3 is 0 Å². The number of rotatable bonds is 3. The standard InChI is InChI=1S/C15H14N2O2S/c1-9-8-20-15-13(9)14(18)17-12(19-15)6-5-10-3-2-4-11(16)7-10/h2-4,7-8H,5-6,16H2,1H3. The van der Waals surface area contributed by atoms with Gasteiger partial charge in [0.1, 0.15) is 0 Å². The second-order valence-corrected chi connectivity index (χ2v) is 5.58. The number of nitrogen functional groups attached to an aromatic ring is 1. The van der Waals surface area contributed by atoms with Crippen LogP contribution in [0.15, 0.2) is 38.9 Å². The minimum Gasteiger partial charge on any atom is -0.431 e. The van der Waals surface area contributed by atoms with Gasteiger partial charge < -0.3 is 10.2 Å². The van der Waals surface area contributed by atoms with Crippen LogP contribution in [-0.2, 0) is 12.8 Å². The molecule has 0 atom stereocenters. The number of nitrogens with zero attached hydrogens (tertiary/aromatic N) is 1. The maximum absolute atomic E-state index is 12.0. The summed E-state index contributed by atoms with van der Waals surface area (Å²) in [7, 11) is 0. The highest BCUT2D eigenvalue weighted by molar-refractivity contribution is 7.16. The number of hydrogen-bond acceptors (Lipinski definition) is 5. The first-order valence-corrected chi connectivity index (χ1v) is 7.23. The van der Waals surface area contributed by atoms with Crippen molar-refractivity contribution in [2.75, 3.05) is 5.73 Å². The monoisotopic (exact) mass is 286 g/mol. The predicted octanol–water partition coefficient (Wildman–Crippen LogP) is 2.93. The number of anilines is 1. The molecule has 0 unspecified atom stereocenters. The van der Waals surface area contributed by atoms with Gasteiger partial charge in [0.05, 0.1) is 5.39 Å². The minimum absolute atomic E-state index is 0.201. The summed E-state index contributed by atoms with van der Waals surface area (Å²) in [5.41, 5.74) is 8.31. The van der Waals surface area contributed by atoms with Gasteiger partial charge in [-0.05, 0) is 42.0 Å². The summed E-state index contributed by atoms with van der Waals surface area (Å²) in [6.07, 6.45) is 1.34. The van der Waals surface area contributed by atoms with Crippen molar-refractivity contribution in [1.29, 1.82) is 0 Å². The van der Waals surface area contributed by atoms with E-state index in [0.29, 0.717) is 22.6 Å². The second-order valence-electron chi connectivity index (χ2n) is 4.74. The Bertz CT molecular complexity index is 820. The molecule has 0 spiro atoms. The van der Waals surface area contributed by atoms with Crippen LogP contribution in [0, 0.1) is 6.92 Å². The maximum Gasteiger partial charge on any atom is 0.284 e. The number of benzene rings is 1. The van der Waals surface area contributed by atoms with Crippen LogP contribution in [0.1, 0.15) is 17.0 Å². The summed E-state index contributed by atoms with van der Waals surface area (Å²) in [6, 6.07) is 7.69. The quantitative estimate of drug-likeness (QED) is 0.752. The average Bonchev–Trinajstić information content (AvgIpc) is 2.79. The molecule has 0 aliphatic heterocycles. The summed E-state index contributed by atoms with van der Waals surface area (Å²) in [5, 5.41) is 2.52. The highest BCUT2D eigenvalue weighted by Crippen LogP contribution is 2.22. The summed E-state index contributed by atoms with van der Waals surface area (Å²) >= 11 is 1.44. The lowest BCUT2D eigenvalue weighted by atomic mass is 10.1. The smallest absolute Gasteiger partial charge is 0.284 e. The van der Waals surface area contributed by atoms with E-state index in [1.165, 1.54) is 11.3 Å². The van der Waals surface area contributed by atoms with Crippen molar-refractivity contribution < 1.29 is 4.42 Å². The molecular formula is C15H14N2O2S. The SMILES string of the molecule is Cc1csc2oc(CCc3cccc(N)c3)nc(=O)c12. The van der Waals surface area contributed by atoms with Crippen LogP contribution in [0.3, 0.4) is 0 Å². The Balaban J connectivity index is 1.86. The third-order valence-electron chi connectivity index (χ3n) is 3.17. The van der Waals surface area contributed by atoms with Gasteiger partial charge in [-0.3, -0.25) is 4.79 Å². The maximum atomic E-state index is 12.0. The zero-order valence-corrected chi connectivity index (χ0v) is 11.9. The van der Waals surface area contributed by atoms with Gasteiger partial charge in [0.15, 0.2) is 10.8 Å². The molecule has 20 heavy (non-hydrogen) atoms. The van der Waals surface area contributed by atoms with E-state index in [2.05, 4.69) is 4.98 Å². The van der Waals surface area contributed by atoms with E-state index in [4.69, 9.17) is 10.2 Å². The Morgan fingerprint density at radius 3 is 3.00 bits per heavy atom. The molecule has 0 saturated heterocycles. The predicted molar refractivity (Wildman–Crippen MR) is 81.2 cm³/mol. The molecule has 0 radical (unpaired) electrons. The molecule has 1 aromatic carbocycles. The molecule has 0 fully saturated rings. The molecule has 0 aliphatic carbocycles. The first kappa shape index (κ1) is 12.9. The van der Waals surface area contributed by atoms with Crippen molar-refractivity contribution in [3.05, 3.63) is 57.0 Å². The zero-order chi connectivity index (χ0) is 14.1. The Morgan fingerprint density at radius 1 is 1.35 bits per heavy atom. The molecule has 102 valence electrons. The van der Waals surface area contributed by atoms with E-state index < -0.39 is 0 Å². The zero-order valence-electron chi connectivity index (χ0n) is 11.1. The lowest BCUT2D eigenvalue weighted by Crippen LogP contribution is -2.09. The third-order valence-corrected chi connectivity index (χ3v) is 4.14. The Kier molecular flexibility index (Phi) is 3.28. The largest absolute Gasteiger partial charge is 0.431 e. The average molecular weight is 286 g/mol. The number of aromatic nitrogens is 1. The van der Waals surface area contributed by atoms with Crippen molar-refractivity contribution in [2.45, 2.75) is 19.8 Å². The van der Waals surface area contributed by atoms with Crippen LogP contribution in [0.4, 0.5) is 5.69 Å². The Labute approximate surface area is 119 Å². The molecule has 5 heteroatoms. The molecule has 2 N–H and O–H groups in total. The van der Waals surface area contributed by atoms with Gasteiger partial charge in [-0.2, -0.15) is 4.98 Å². The number of nitrogens with two attached hydrogens (primary N) is 1. The van der Waals surface area contributed by atoms with Crippen molar-refractivity contribution in [1.82, 2.24) is 4.98 Å². The number of thiophene rings is 1. The summed E-state index contributed by atoms with van der Waals surface area (Å²) in [5.74, 6) is 0.478. The topological polar surface area (TPSA) is 69.1 Å². The molecule has 0 bridgehead atoms. The Morgan fingerprint density at radius 2 is 2.20 bits per heavy atom. The molecule has 0 saturated carbocycles. The second kappa shape index (κ2) is 5.09. The highest BCUT2D eigenvalue weighted by atomic mass is 32.1. The fourth-order valence-electron chi connectivity index (χ4n) is 2.16. The minimum atomic E-state index is -0.201. The van der Waals surface area contributed by atoms with E-state index in [-0.39, 0.29) is 5.56 Å². The fraction of sp³-hybridized carbons (Fsp3) is 0.200. The van der Waals surface area contributed by atoms with Crippen LogP contribution < -0.4 is 11.3 Å².